The average Bonchev–Trinajstić information content (AvgIpc) is 3.96. The molecule has 0 aliphatic carbocycles. The molecule has 266 valence electrons. The lowest BCUT2D eigenvalue weighted by molar-refractivity contribution is 0.669. The Morgan fingerprint density at radius 3 is 1.58 bits per heavy atom. The van der Waals surface area contributed by atoms with Crippen LogP contribution in [0.1, 0.15) is 0 Å². The highest BCUT2D eigenvalue weighted by Gasteiger charge is 2.20. The zero-order valence-electron chi connectivity index (χ0n) is 30.4. The van der Waals surface area contributed by atoms with E-state index in [1.54, 1.807) is 0 Å². The van der Waals surface area contributed by atoms with Crippen LogP contribution in [-0.2, 0) is 0 Å². The summed E-state index contributed by atoms with van der Waals surface area (Å²) in [5.74, 6) is 1.70. The van der Waals surface area contributed by atoms with E-state index in [2.05, 4.69) is 120 Å². The van der Waals surface area contributed by atoms with Gasteiger partial charge in [0, 0.05) is 49.2 Å². The van der Waals surface area contributed by atoms with Gasteiger partial charge in [-0.3, -0.25) is 0 Å². The van der Waals surface area contributed by atoms with Crippen molar-refractivity contribution in [2.45, 2.75) is 0 Å². The van der Waals surface area contributed by atoms with Crippen molar-refractivity contribution in [1.29, 1.82) is 0 Å². The van der Waals surface area contributed by atoms with Crippen LogP contribution < -0.4 is 0 Å². The highest BCUT2D eigenvalue weighted by Crippen LogP contribution is 2.41. The third kappa shape index (κ3) is 4.94. The predicted molar refractivity (Wildman–Crippen MR) is 230 cm³/mol. The first-order valence-corrected chi connectivity index (χ1v) is 19.0. The third-order valence-corrected chi connectivity index (χ3v) is 11.1. The molecule has 0 saturated carbocycles. The van der Waals surface area contributed by atoms with Gasteiger partial charge in [-0.05, 0) is 54.1 Å². The summed E-state index contributed by atoms with van der Waals surface area (Å²) in [5, 5.41) is 6.63. The molecule has 6 nitrogen and oxygen atoms in total. The van der Waals surface area contributed by atoms with E-state index in [-0.39, 0.29) is 0 Å². The molecule has 0 unspecified atom stereocenters. The van der Waals surface area contributed by atoms with Crippen molar-refractivity contribution in [2.75, 3.05) is 0 Å². The molecule has 12 rings (SSSR count). The Hall–Kier alpha value is -7.83. The summed E-state index contributed by atoms with van der Waals surface area (Å²) < 4.78 is 15.6. The number of hydrogen-bond donors (Lipinski definition) is 0. The molecule has 0 aliphatic rings. The quantitative estimate of drug-likeness (QED) is 0.176. The van der Waals surface area contributed by atoms with Gasteiger partial charge in [0.05, 0.1) is 22.1 Å². The number of hydrogen-bond acceptors (Lipinski definition) is 5. The molecule has 0 bridgehead atoms. The molecule has 0 fully saturated rings. The minimum atomic E-state index is 0.555. The van der Waals surface area contributed by atoms with Gasteiger partial charge in [0.15, 0.2) is 17.5 Å². The number of nitrogens with zero attached hydrogens (tertiary/aromatic N) is 4. The molecule has 0 aliphatic heterocycles. The van der Waals surface area contributed by atoms with Gasteiger partial charge in [-0.1, -0.05) is 133 Å². The summed E-state index contributed by atoms with van der Waals surface area (Å²) >= 11 is 0. The maximum absolute atomic E-state index is 6.63. The lowest BCUT2D eigenvalue weighted by Crippen LogP contribution is -2.00. The van der Waals surface area contributed by atoms with Crippen LogP contribution in [0.2, 0.25) is 0 Å². The van der Waals surface area contributed by atoms with E-state index in [0.29, 0.717) is 17.5 Å². The van der Waals surface area contributed by atoms with Crippen LogP contribution in [-0.4, -0.2) is 19.5 Å². The van der Waals surface area contributed by atoms with Crippen LogP contribution in [0.3, 0.4) is 0 Å². The minimum absolute atomic E-state index is 0.555. The summed E-state index contributed by atoms with van der Waals surface area (Å²) in [4.78, 5) is 15.2. The first-order valence-electron chi connectivity index (χ1n) is 19.0. The van der Waals surface area contributed by atoms with Crippen molar-refractivity contribution in [3.8, 4) is 51.0 Å². The van der Waals surface area contributed by atoms with Gasteiger partial charge in [-0.15, -0.1) is 0 Å². The van der Waals surface area contributed by atoms with E-state index < -0.39 is 0 Å². The number of furan rings is 2. The van der Waals surface area contributed by atoms with Crippen molar-refractivity contribution >= 4 is 65.7 Å². The van der Waals surface area contributed by atoms with E-state index in [9.17, 15) is 0 Å². The van der Waals surface area contributed by atoms with Gasteiger partial charge in [0.1, 0.15) is 22.3 Å². The number of benzene rings is 8. The van der Waals surface area contributed by atoms with Gasteiger partial charge in [0.2, 0.25) is 0 Å². The van der Waals surface area contributed by atoms with Gasteiger partial charge in [-0.25, -0.2) is 15.0 Å². The second kappa shape index (κ2) is 12.3. The van der Waals surface area contributed by atoms with E-state index >= 15 is 0 Å². The number of rotatable bonds is 5. The first kappa shape index (κ1) is 31.5. The number of aromatic nitrogens is 4. The summed E-state index contributed by atoms with van der Waals surface area (Å²) in [7, 11) is 0. The SMILES string of the molecule is c1ccc(-c2nc(-c3ccc4c(c3)oc3c(-c5ccccc5)cccc34)nc(-c3ccc4c(c3)oc3cccc(-n5c6ccccc6c6ccccc65)c34)n2)cc1. The van der Waals surface area contributed by atoms with E-state index in [4.69, 9.17) is 23.8 Å². The fraction of sp³-hybridized carbons (Fsp3) is 0. The van der Waals surface area contributed by atoms with E-state index in [0.717, 1.165) is 88.4 Å². The predicted octanol–water partition coefficient (Wildman–Crippen LogP) is 13.4. The smallest absolute Gasteiger partial charge is 0.164 e. The van der Waals surface area contributed by atoms with Crippen molar-refractivity contribution in [3.63, 3.8) is 0 Å². The number of fused-ring (bicyclic) bond motifs is 9. The Kier molecular flexibility index (Phi) is 6.83. The lowest BCUT2D eigenvalue weighted by Gasteiger charge is -2.10. The minimum Gasteiger partial charge on any atom is -0.456 e. The van der Waals surface area contributed by atoms with Crippen molar-refractivity contribution in [1.82, 2.24) is 19.5 Å². The Labute approximate surface area is 325 Å². The molecule has 0 atom stereocenters. The van der Waals surface area contributed by atoms with Gasteiger partial charge < -0.3 is 13.4 Å². The van der Waals surface area contributed by atoms with Gasteiger partial charge >= 0.3 is 0 Å². The molecule has 57 heavy (non-hydrogen) atoms. The lowest BCUT2D eigenvalue weighted by atomic mass is 10.0. The summed E-state index contributed by atoms with van der Waals surface area (Å²) in [5.41, 5.74) is 11.3. The van der Waals surface area contributed by atoms with Crippen LogP contribution in [0.4, 0.5) is 0 Å². The maximum Gasteiger partial charge on any atom is 0.164 e. The standard InChI is InChI=1S/C51H30N4O2/c1-3-13-31(14-4-1)35-19-11-20-39-38-27-25-33(29-45(38)57-48(35)39)50-52-49(32-15-5-2-6-16-32)53-51(54-50)34-26-28-40-46(30-34)56-44-24-12-23-43(47(40)44)55-41-21-9-7-17-36(41)37-18-8-10-22-42(37)55/h1-30H. The van der Waals surface area contributed by atoms with Crippen molar-refractivity contribution in [3.05, 3.63) is 182 Å². The average molecular weight is 731 g/mol. The summed E-state index contributed by atoms with van der Waals surface area (Å²) in [6.07, 6.45) is 0. The molecular weight excluding hydrogens is 701 g/mol. The fourth-order valence-electron chi connectivity index (χ4n) is 8.45. The molecule has 0 N–H and O–H groups in total. The molecule has 0 radical (unpaired) electrons. The molecule has 0 spiro atoms. The highest BCUT2D eigenvalue weighted by molar-refractivity contribution is 6.15. The van der Waals surface area contributed by atoms with Crippen LogP contribution in [0, 0.1) is 0 Å². The topological polar surface area (TPSA) is 69.9 Å². The van der Waals surface area contributed by atoms with E-state index in [1.165, 1.54) is 10.8 Å². The Balaban J connectivity index is 1.02. The van der Waals surface area contributed by atoms with Gasteiger partial charge in [-0.2, -0.15) is 0 Å². The summed E-state index contributed by atoms with van der Waals surface area (Å²) in [6, 6.07) is 62.6. The van der Waals surface area contributed by atoms with Crippen LogP contribution in [0.5, 0.6) is 0 Å². The maximum atomic E-state index is 6.63. The number of para-hydroxylation sites is 3. The largest absolute Gasteiger partial charge is 0.456 e. The normalized spacial score (nSPS) is 11.9. The van der Waals surface area contributed by atoms with Gasteiger partial charge in [0.25, 0.3) is 0 Å². The van der Waals surface area contributed by atoms with Crippen molar-refractivity contribution < 1.29 is 8.83 Å². The zero-order chi connectivity index (χ0) is 37.5. The second-order valence-electron chi connectivity index (χ2n) is 14.4. The molecule has 4 heterocycles. The Morgan fingerprint density at radius 2 is 0.895 bits per heavy atom. The van der Waals surface area contributed by atoms with E-state index in [1.807, 2.05) is 66.7 Å². The third-order valence-electron chi connectivity index (χ3n) is 11.1. The van der Waals surface area contributed by atoms with Crippen molar-refractivity contribution in [2.24, 2.45) is 0 Å². The summed E-state index contributed by atoms with van der Waals surface area (Å²) in [6.45, 7) is 0. The molecule has 0 amide bonds. The fourth-order valence-corrected chi connectivity index (χ4v) is 8.45. The zero-order valence-corrected chi connectivity index (χ0v) is 30.4. The second-order valence-corrected chi connectivity index (χ2v) is 14.4. The molecule has 6 heteroatoms. The molecular formula is C51H30N4O2. The monoisotopic (exact) mass is 730 g/mol. The molecule has 8 aromatic carbocycles. The molecule has 12 aromatic rings. The Bertz CT molecular complexity index is 3470. The van der Waals surface area contributed by atoms with Crippen LogP contribution in [0.15, 0.2) is 191 Å². The highest BCUT2D eigenvalue weighted by atomic mass is 16.3. The first-order chi connectivity index (χ1) is 28.2. The van der Waals surface area contributed by atoms with Crippen LogP contribution in [0.25, 0.3) is 117 Å². The van der Waals surface area contributed by atoms with Crippen LogP contribution >= 0.6 is 0 Å². The Morgan fingerprint density at radius 1 is 0.351 bits per heavy atom. The molecule has 0 saturated heterocycles. The molecule has 4 aromatic heterocycles.